The SMILES string of the molecule is N=C(C[C@H]1CCCN(c2ncnc3c(F)ccc(-c4ccc(Cl)c(Cl)c4)c23)C1)N=NN. The van der Waals surface area contributed by atoms with Crippen LogP contribution in [0.1, 0.15) is 19.3 Å². The molecule has 3 N–H and O–H groups in total. The molecule has 10 heteroatoms. The van der Waals surface area contributed by atoms with Gasteiger partial charge in [0.2, 0.25) is 0 Å². The fourth-order valence-electron chi connectivity index (χ4n) is 4.08. The normalized spacial score (nSPS) is 16.9. The van der Waals surface area contributed by atoms with Gasteiger partial charge in [0.05, 0.1) is 15.4 Å². The lowest BCUT2D eigenvalue weighted by Gasteiger charge is -2.34. The maximum absolute atomic E-state index is 14.7. The summed E-state index contributed by atoms with van der Waals surface area (Å²) < 4.78 is 14.7. The molecule has 1 saturated heterocycles. The van der Waals surface area contributed by atoms with Crippen LogP contribution >= 0.6 is 23.2 Å². The number of hydrogen-bond donors (Lipinski definition) is 2. The van der Waals surface area contributed by atoms with Crippen molar-refractivity contribution in [2.24, 2.45) is 22.1 Å². The van der Waals surface area contributed by atoms with E-state index in [1.165, 1.54) is 12.4 Å². The minimum Gasteiger partial charge on any atom is -0.356 e. The first-order valence-corrected chi connectivity index (χ1v) is 10.6. The molecule has 1 aromatic heterocycles. The number of piperidine rings is 1. The zero-order chi connectivity index (χ0) is 22.0. The lowest BCUT2D eigenvalue weighted by Crippen LogP contribution is -2.36. The van der Waals surface area contributed by atoms with Gasteiger partial charge in [-0.15, -0.1) is 5.11 Å². The van der Waals surface area contributed by atoms with Crippen LogP contribution in [0.25, 0.3) is 22.0 Å². The van der Waals surface area contributed by atoms with Crippen LogP contribution in [0.4, 0.5) is 10.2 Å². The standard InChI is InChI=1S/C21H20Cl2FN7/c22-15-5-3-13(9-16(15)23)14-4-6-17(24)20-19(14)21(28-11-27-20)31-7-1-2-12(10-31)8-18(25)29-30-26/h3-6,9,11-12H,1-2,7-8,10H2,(H3,25,26,29)/t12-/m1/s1. The number of nitrogens with two attached hydrogens (primary N) is 1. The average Bonchev–Trinajstić information content (AvgIpc) is 2.76. The fraction of sp³-hybridized carbons (Fsp3) is 0.286. The molecule has 31 heavy (non-hydrogen) atoms. The van der Waals surface area contributed by atoms with Gasteiger partial charge in [0.25, 0.3) is 0 Å². The third-order valence-electron chi connectivity index (χ3n) is 5.43. The van der Waals surface area contributed by atoms with E-state index in [4.69, 9.17) is 34.5 Å². The number of hydrogen-bond acceptors (Lipinski definition) is 5. The Labute approximate surface area is 188 Å². The number of nitrogens with one attached hydrogen (secondary N) is 1. The van der Waals surface area contributed by atoms with Crippen LogP contribution in [0, 0.1) is 17.1 Å². The summed E-state index contributed by atoms with van der Waals surface area (Å²) in [6.45, 7) is 1.43. The summed E-state index contributed by atoms with van der Waals surface area (Å²) in [5, 5.41) is 16.2. The van der Waals surface area contributed by atoms with Gasteiger partial charge in [0.15, 0.2) is 0 Å². The minimum atomic E-state index is -0.416. The number of rotatable bonds is 4. The summed E-state index contributed by atoms with van der Waals surface area (Å²) in [5.41, 5.74) is 1.83. The predicted molar refractivity (Wildman–Crippen MR) is 121 cm³/mol. The summed E-state index contributed by atoms with van der Waals surface area (Å²) >= 11 is 12.3. The van der Waals surface area contributed by atoms with Gasteiger partial charge in [-0.2, -0.15) is 0 Å². The molecule has 2 aromatic carbocycles. The van der Waals surface area contributed by atoms with Crippen molar-refractivity contribution in [3.8, 4) is 11.1 Å². The Morgan fingerprint density at radius 3 is 2.84 bits per heavy atom. The van der Waals surface area contributed by atoms with Gasteiger partial charge >= 0.3 is 0 Å². The Morgan fingerprint density at radius 1 is 1.23 bits per heavy atom. The third kappa shape index (κ3) is 4.45. The molecule has 1 aliphatic heterocycles. The maximum atomic E-state index is 14.7. The zero-order valence-electron chi connectivity index (χ0n) is 16.5. The summed E-state index contributed by atoms with van der Waals surface area (Å²) in [4.78, 5) is 10.8. The molecule has 0 aliphatic carbocycles. The molecule has 0 spiro atoms. The Bertz CT molecular complexity index is 1170. The summed E-state index contributed by atoms with van der Waals surface area (Å²) in [6, 6.07) is 8.42. The molecule has 1 fully saturated rings. The first-order valence-electron chi connectivity index (χ1n) is 9.80. The summed E-state index contributed by atoms with van der Waals surface area (Å²) in [5.74, 6) is 5.63. The molecule has 0 amide bonds. The molecular weight excluding hydrogens is 440 g/mol. The van der Waals surface area contributed by atoms with Crippen LogP contribution in [-0.4, -0.2) is 28.9 Å². The zero-order valence-corrected chi connectivity index (χ0v) is 18.0. The first-order chi connectivity index (χ1) is 15.0. The Balaban J connectivity index is 1.78. The van der Waals surface area contributed by atoms with E-state index in [-0.39, 0.29) is 17.3 Å². The van der Waals surface area contributed by atoms with E-state index >= 15 is 0 Å². The van der Waals surface area contributed by atoms with E-state index in [1.807, 2.05) is 6.07 Å². The fourth-order valence-corrected chi connectivity index (χ4v) is 4.37. The third-order valence-corrected chi connectivity index (χ3v) is 6.17. The van der Waals surface area contributed by atoms with Gasteiger partial charge < -0.3 is 10.7 Å². The van der Waals surface area contributed by atoms with E-state index in [2.05, 4.69) is 25.2 Å². The van der Waals surface area contributed by atoms with Gasteiger partial charge in [-0.1, -0.05) is 40.6 Å². The van der Waals surface area contributed by atoms with Gasteiger partial charge in [-0.3, -0.25) is 5.41 Å². The van der Waals surface area contributed by atoms with Crippen molar-refractivity contribution < 1.29 is 4.39 Å². The Hall–Kier alpha value is -2.84. The van der Waals surface area contributed by atoms with E-state index in [9.17, 15) is 4.39 Å². The second-order valence-electron chi connectivity index (χ2n) is 7.47. The van der Waals surface area contributed by atoms with Crippen LogP contribution in [0.15, 0.2) is 47.0 Å². The van der Waals surface area contributed by atoms with E-state index < -0.39 is 5.82 Å². The summed E-state index contributed by atoms with van der Waals surface area (Å²) in [6.07, 6.45) is 3.72. The molecule has 0 saturated carbocycles. The highest BCUT2D eigenvalue weighted by atomic mass is 35.5. The van der Waals surface area contributed by atoms with Crippen molar-refractivity contribution in [2.75, 3.05) is 18.0 Å². The largest absolute Gasteiger partial charge is 0.356 e. The highest BCUT2D eigenvalue weighted by Crippen LogP contribution is 2.38. The molecule has 0 bridgehead atoms. The quantitative estimate of drug-likeness (QED) is 0.173. The molecule has 7 nitrogen and oxygen atoms in total. The molecule has 160 valence electrons. The van der Waals surface area contributed by atoms with Crippen molar-refractivity contribution in [1.29, 1.82) is 5.41 Å². The van der Waals surface area contributed by atoms with E-state index in [0.29, 0.717) is 34.2 Å². The van der Waals surface area contributed by atoms with Gasteiger partial charge in [0, 0.05) is 19.5 Å². The summed E-state index contributed by atoms with van der Waals surface area (Å²) in [7, 11) is 0. The van der Waals surface area contributed by atoms with Crippen molar-refractivity contribution in [3.05, 3.63) is 52.5 Å². The van der Waals surface area contributed by atoms with Crippen LogP contribution in [0.2, 0.25) is 10.0 Å². The predicted octanol–water partition coefficient (Wildman–Crippen LogP) is 5.65. The number of benzene rings is 2. The van der Waals surface area contributed by atoms with Crippen molar-refractivity contribution in [2.45, 2.75) is 19.3 Å². The molecule has 2 heterocycles. The topological polar surface area (TPSA) is 104 Å². The van der Waals surface area contributed by atoms with Crippen LogP contribution in [0.3, 0.4) is 0 Å². The number of nitrogens with zero attached hydrogens (tertiary/aromatic N) is 5. The minimum absolute atomic E-state index is 0.143. The molecule has 0 unspecified atom stereocenters. The lowest BCUT2D eigenvalue weighted by atomic mass is 9.93. The smallest absolute Gasteiger partial charge is 0.149 e. The van der Waals surface area contributed by atoms with Crippen molar-refractivity contribution in [1.82, 2.24) is 9.97 Å². The molecule has 3 aromatic rings. The van der Waals surface area contributed by atoms with Crippen LogP contribution in [0.5, 0.6) is 0 Å². The first kappa shape index (κ1) is 21.4. The Kier molecular flexibility index (Phi) is 6.29. The van der Waals surface area contributed by atoms with Gasteiger partial charge in [-0.25, -0.2) is 14.4 Å². The van der Waals surface area contributed by atoms with Crippen LogP contribution < -0.4 is 10.7 Å². The van der Waals surface area contributed by atoms with E-state index in [1.54, 1.807) is 18.2 Å². The number of aromatic nitrogens is 2. The van der Waals surface area contributed by atoms with Gasteiger partial charge in [0.1, 0.15) is 29.3 Å². The number of halogens is 3. The average molecular weight is 460 g/mol. The van der Waals surface area contributed by atoms with Crippen molar-refractivity contribution in [3.63, 3.8) is 0 Å². The highest BCUT2D eigenvalue weighted by Gasteiger charge is 2.25. The molecule has 1 atom stereocenters. The number of anilines is 1. The van der Waals surface area contributed by atoms with Gasteiger partial charge in [-0.05, 0) is 48.1 Å². The lowest BCUT2D eigenvalue weighted by molar-refractivity contribution is 0.424. The molecular formula is C21H20Cl2FN7. The second-order valence-corrected chi connectivity index (χ2v) is 8.28. The number of fused-ring (bicyclic) bond motifs is 1. The molecule has 1 aliphatic rings. The van der Waals surface area contributed by atoms with Crippen LogP contribution in [-0.2, 0) is 0 Å². The van der Waals surface area contributed by atoms with E-state index in [0.717, 1.165) is 30.5 Å². The molecule has 0 radical (unpaired) electrons. The monoisotopic (exact) mass is 459 g/mol. The van der Waals surface area contributed by atoms with Crippen molar-refractivity contribution >= 4 is 45.8 Å². The highest BCUT2D eigenvalue weighted by molar-refractivity contribution is 6.42. The number of amidine groups is 1. The molecule has 4 rings (SSSR count). The second kappa shape index (κ2) is 9.11. The Morgan fingerprint density at radius 2 is 2.06 bits per heavy atom. The maximum Gasteiger partial charge on any atom is 0.149 e.